The van der Waals surface area contributed by atoms with Gasteiger partial charge < -0.3 is 10.1 Å². The Morgan fingerprint density at radius 2 is 1.67 bits per heavy atom. The van der Waals surface area contributed by atoms with Crippen LogP contribution in [0.3, 0.4) is 0 Å². The van der Waals surface area contributed by atoms with E-state index in [0.29, 0.717) is 6.42 Å². The maximum atomic E-state index is 12.2. The summed E-state index contributed by atoms with van der Waals surface area (Å²) in [6.45, 7) is 3.39. The summed E-state index contributed by atoms with van der Waals surface area (Å²) in [4.78, 5) is 49.3. The minimum Gasteiger partial charge on any atom is -0.467 e. The number of hydrogen-bond donors (Lipinski definition) is 1. The van der Waals surface area contributed by atoms with Gasteiger partial charge in [-0.15, -0.1) is 0 Å². The third-order valence-electron chi connectivity index (χ3n) is 3.71. The molecule has 0 bridgehead atoms. The molecular formula is C17H20N2O5. The summed E-state index contributed by atoms with van der Waals surface area (Å²) < 4.78 is 4.68. The predicted molar refractivity (Wildman–Crippen MR) is 85.2 cm³/mol. The number of ether oxygens (including phenoxy) is 1. The summed E-state index contributed by atoms with van der Waals surface area (Å²) in [5.41, 5.74) is 0.559. The molecule has 0 saturated heterocycles. The summed E-state index contributed by atoms with van der Waals surface area (Å²) in [7, 11) is 1.24. The number of methoxy groups -OCH3 is 1. The lowest BCUT2D eigenvalue weighted by Crippen LogP contribution is -2.47. The Balaban J connectivity index is 2.06. The summed E-state index contributed by atoms with van der Waals surface area (Å²) in [5, 5.41) is 2.53. The zero-order valence-corrected chi connectivity index (χ0v) is 13.9. The Labute approximate surface area is 140 Å². The minimum absolute atomic E-state index is 0.161. The second kappa shape index (κ2) is 7.25. The van der Waals surface area contributed by atoms with Gasteiger partial charge in [-0.3, -0.25) is 19.3 Å². The van der Waals surface area contributed by atoms with E-state index in [1.54, 1.807) is 24.3 Å². The second-order valence-corrected chi connectivity index (χ2v) is 6.01. The first kappa shape index (κ1) is 17.7. The number of nitrogens with one attached hydrogen (secondary N) is 1. The van der Waals surface area contributed by atoms with Gasteiger partial charge in [0.25, 0.3) is 11.8 Å². The molecule has 0 spiro atoms. The van der Waals surface area contributed by atoms with Crippen LogP contribution in [0.2, 0.25) is 0 Å². The molecule has 0 fully saturated rings. The van der Waals surface area contributed by atoms with E-state index in [2.05, 4.69) is 10.1 Å². The first-order valence-electron chi connectivity index (χ1n) is 7.67. The van der Waals surface area contributed by atoms with Crippen LogP contribution < -0.4 is 5.32 Å². The van der Waals surface area contributed by atoms with Crippen molar-refractivity contribution in [3.63, 3.8) is 0 Å². The lowest BCUT2D eigenvalue weighted by molar-refractivity contribution is -0.145. The van der Waals surface area contributed by atoms with Gasteiger partial charge in [0.05, 0.1) is 18.2 Å². The number of carbonyl (C=O) groups is 4. The molecule has 7 heteroatoms. The van der Waals surface area contributed by atoms with Crippen molar-refractivity contribution in [2.24, 2.45) is 5.92 Å². The van der Waals surface area contributed by atoms with E-state index >= 15 is 0 Å². The summed E-state index contributed by atoms with van der Waals surface area (Å²) in [5.74, 6) is -2.00. The number of fused-ring (bicyclic) bond motifs is 1. The fourth-order valence-corrected chi connectivity index (χ4v) is 2.59. The number of amides is 3. The van der Waals surface area contributed by atoms with Gasteiger partial charge in [-0.1, -0.05) is 26.0 Å². The summed E-state index contributed by atoms with van der Waals surface area (Å²) >= 11 is 0. The lowest BCUT2D eigenvalue weighted by Gasteiger charge is -2.20. The first-order chi connectivity index (χ1) is 11.3. The number of rotatable bonds is 6. The Bertz CT molecular complexity index is 648. The molecule has 0 saturated carbocycles. The Hall–Kier alpha value is -2.70. The zero-order valence-electron chi connectivity index (χ0n) is 13.9. The maximum absolute atomic E-state index is 12.2. The Morgan fingerprint density at radius 3 is 2.12 bits per heavy atom. The molecule has 1 N–H and O–H groups in total. The van der Waals surface area contributed by atoms with Gasteiger partial charge in [0, 0.05) is 0 Å². The van der Waals surface area contributed by atoms with Crippen molar-refractivity contribution in [2.45, 2.75) is 26.3 Å². The largest absolute Gasteiger partial charge is 0.467 e. The molecule has 0 aromatic heterocycles. The van der Waals surface area contributed by atoms with Crippen LogP contribution in [0.1, 0.15) is 41.0 Å². The molecule has 24 heavy (non-hydrogen) atoms. The van der Waals surface area contributed by atoms with Crippen molar-refractivity contribution in [3.05, 3.63) is 35.4 Å². The highest BCUT2D eigenvalue weighted by atomic mass is 16.5. The van der Waals surface area contributed by atoms with E-state index in [9.17, 15) is 19.2 Å². The quantitative estimate of drug-likeness (QED) is 0.619. The third kappa shape index (κ3) is 3.61. The molecule has 7 nitrogen and oxygen atoms in total. The number of hydrogen-bond acceptors (Lipinski definition) is 5. The topological polar surface area (TPSA) is 92.8 Å². The maximum Gasteiger partial charge on any atom is 0.328 e. The zero-order chi connectivity index (χ0) is 17.9. The Morgan fingerprint density at radius 1 is 1.12 bits per heavy atom. The fourth-order valence-electron chi connectivity index (χ4n) is 2.59. The molecule has 1 aromatic carbocycles. The van der Waals surface area contributed by atoms with Crippen LogP contribution in [-0.2, 0) is 14.3 Å². The van der Waals surface area contributed by atoms with E-state index in [0.717, 1.165) is 4.90 Å². The molecule has 1 aliphatic heterocycles. The average Bonchev–Trinajstić information content (AvgIpc) is 2.78. The fraction of sp³-hybridized carbons (Fsp3) is 0.412. The number of imide groups is 1. The first-order valence-corrected chi connectivity index (χ1v) is 7.67. The molecular weight excluding hydrogens is 312 g/mol. The summed E-state index contributed by atoms with van der Waals surface area (Å²) in [6, 6.07) is 5.60. The van der Waals surface area contributed by atoms with Crippen molar-refractivity contribution in [1.29, 1.82) is 0 Å². The normalized spacial score (nSPS) is 14.6. The van der Waals surface area contributed by atoms with Crippen molar-refractivity contribution in [3.8, 4) is 0 Å². The van der Waals surface area contributed by atoms with Crippen LogP contribution in [0.4, 0.5) is 0 Å². The van der Waals surface area contributed by atoms with Gasteiger partial charge in [-0.25, -0.2) is 4.79 Å². The lowest BCUT2D eigenvalue weighted by atomic mass is 10.0. The van der Waals surface area contributed by atoms with Crippen molar-refractivity contribution in [1.82, 2.24) is 10.2 Å². The van der Waals surface area contributed by atoms with Gasteiger partial charge in [0.15, 0.2) is 0 Å². The van der Waals surface area contributed by atoms with Crippen molar-refractivity contribution in [2.75, 3.05) is 13.7 Å². The highest BCUT2D eigenvalue weighted by molar-refractivity contribution is 6.22. The van der Waals surface area contributed by atoms with Gasteiger partial charge in [-0.05, 0) is 24.5 Å². The molecule has 128 valence electrons. The molecule has 1 atom stereocenters. The van der Waals surface area contributed by atoms with E-state index in [1.807, 2.05) is 13.8 Å². The van der Waals surface area contributed by atoms with Crippen LogP contribution in [-0.4, -0.2) is 48.3 Å². The molecule has 0 radical (unpaired) electrons. The van der Waals surface area contributed by atoms with Gasteiger partial charge >= 0.3 is 5.97 Å². The van der Waals surface area contributed by atoms with E-state index in [1.165, 1.54) is 7.11 Å². The van der Waals surface area contributed by atoms with E-state index < -0.39 is 36.3 Å². The van der Waals surface area contributed by atoms with Gasteiger partial charge in [-0.2, -0.15) is 0 Å². The standard InChI is InChI=1S/C17H20N2O5/c1-10(2)8-13(17(23)24-3)18-14(20)9-19-15(21)11-6-4-5-7-12(11)16(19)22/h4-7,10,13H,8-9H2,1-3H3,(H,18,20). The van der Waals surface area contributed by atoms with Crippen LogP contribution in [0, 0.1) is 5.92 Å². The monoisotopic (exact) mass is 332 g/mol. The highest BCUT2D eigenvalue weighted by Crippen LogP contribution is 2.22. The molecule has 2 rings (SSSR count). The van der Waals surface area contributed by atoms with Crippen LogP contribution in [0.5, 0.6) is 0 Å². The SMILES string of the molecule is COC(=O)C(CC(C)C)NC(=O)CN1C(=O)c2ccccc2C1=O. The minimum atomic E-state index is -0.808. The third-order valence-corrected chi connectivity index (χ3v) is 3.71. The molecule has 3 amide bonds. The number of benzene rings is 1. The molecule has 1 aromatic rings. The molecule has 0 aliphatic carbocycles. The molecule has 1 unspecified atom stereocenters. The number of esters is 1. The summed E-state index contributed by atoms with van der Waals surface area (Å²) in [6.07, 6.45) is 0.403. The van der Waals surface area contributed by atoms with Gasteiger partial charge in [0.2, 0.25) is 5.91 Å². The highest BCUT2D eigenvalue weighted by Gasteiger charge is 2.36. The van der Waals surface area contributed by atoms with Crippen LogP contribution >= 0.6 is 0 Å². The van der Waals surface area contributed by atoms with Crippen LogP contribution in [0.15, 0.2) is 24.3 Å². The van der Waals surface area contributed by atoms with Gasteiger partial charge in [0.1, 0.15) is 12.6 Å². The van der Waals surface area contributed by atoms with Crippen LogP contribution in [0.25, 0.3) is 0 Å². The van der Waals surface area contributed by atoms with E-state index in [4.69, 9.17) is 0 Å². The number of carbonyl (C=O) groups excluding carboxylic acids is 4. The smallest absolute Gasteiger partial charge is 0.328 e. The Kier molecular flexibility index (Phi) is 5.33. The second-order valence-electron chi connectivity index (χ2n) is 6.01. The average molecular weight is 332 g/mol. The predicted octanol–water partition coefficient (Wildman–Crippen LogP) is 0.986. The van der Waals surface area contributed by atoms with Crippen molar-refractivity contribution < 1.29 is 23.9 Å². The van der Waals surface area contributed by atoms with E-state index in [-0.39, 0.29) is 17.0 Å². The molecule has 1 aliphatic rings. The molecule has 1 heterocycles. The number of nitrogens with zero attached hydrogens (tertiary/aromatic N) is 1. The van der Waals surface area contributed by atoms with Crippen molar-refractivity contribution >= 4 is 23.7 Å².